The number of hydrogen-bond donors (Lipinski definition) is 0. The highest BCUT2D eigenvalue weighted by molar-refractivity contribution is 5.78. The van der Waals surface area contributed by atoms with Gasteiger partial charge in [0.15, 0.2) is 0 Å². The number of nitrogens with zero attached hydrogens (tertiary/aromatic N) is 4. The molecule has 2 fully saturated rings. The molecule has 1 amide bonds. The van der Waals surface area contributed by atoms with Crippen LogP contribution in [-0.2, 0) is 16.1 Å². The predicted octanol–water partition coefficient (Wildman–Crippen LogP) is 0.0580. The number of hydrogen-bond acceptors (Lipinski definition) is 5. The van der Waals surface area contributed by atoms with Gasteiger partial charge in [-0.25, -0.2) is 0 Å². The summed E-state index contributed by atoms with van der Waals surface area (Å²) in [5, 5.41) is 0. The first-order chi connectivity index (χ1) is 10.8. The maximum Gasteiger partial charge on any atom is 0.236 e. The summed E-state index contributed by atoms with van der Waals surface area (Å²) in [6.07, 6.45) is 3.68. The van der Waals surface area contributed by atoms with Gasteiger partial charge in [0.05, 0.1) is 19.8 Å². The van der Waals surface area contributed by atoms with Gasteiger partial charge in [-0.15, -0.1) is 0 Å². The molecule has 3 heterocycles. The number of pyridine rings is 1. The summed E-state index contributed by atoms with van der Waals surface area (Å²) in [5.74, 6) is 0.242. The summed E-state index contributed by atoms with van der Waals surface area (Å²) in [5.41, 5.74) is 1.30. The zero-order chi connectivity index (χ0) is 15.2. The highest BCUT2D eigenvalue weighted by atomic mass is 16.5. The molecule has 120 valence electrons. The second-order valence-electron chi connectivity index (χ2n) is 5.90. The minimum Gasteiger partial charge on any atom is -0.378 e. The quantitative estimate of drug-likeness (QED) is 0.787. The molecule has 0 spiro atoms. The Bertz CT molecular complexity index is 468. The lowest BCUT2D eigenvalue weighted by Gasteiger charge is -2.36. The summed E-state index contributed by atoms with van der Waals surface area (Å²) >= 11 is 0. The summed E-state index contributed by atoms with van der Waals surface area (Å²) in [4.78, 5) is 22.9. The molecule has 6 nitrogen and oxygen atoms in total. The number of amides is 1. The SMILES string of the molecule is O=C(CN1CCN(Cc2ccncc2)CC1)N1CCOCC1. The number of piperazine rings is 1. The summed E-state index contributed by atoms with van der Waals surface area (Å²) in [7, 11) is 0. The topological polar surface area (TPSA) is 48.9 Å². The first-order valence-electron chi connectivity index (χ1n) is 8.00. The van der Waals surface area contributed by atoms with E-state index in [1.807, 2.05) is 17.3 Å². The molecule has 22 heavy (non-hydrogen) atoms. The van der Waals surface area contributed by atoms with Crippen molar-refractivity contribution in [2.45, 2.75) is 6.54 Å². The Kier molecular flexibility index (Phi) is 5.37. The highest BCUT2D eigenvalue weighted by Gasteiger charge is 2.22. The van der Waals surface area contributed by atoms with Crippen molar-refractivity contribution in [3.8, 4) is 0 Å². The summed E-state index contributed by atoms with van der Waals surface area (Å²) in [6.45, 7) is 8.27. The molecule has 0 aliphatic carbocycles. The lowest BCUT2D eigenvalue weighted by molar-refractivity contribution is -0.136. The maximum absolute atomic E-state index is 12.2. The van der Waals surface area contributed by atoms with Gasteiger partial charge in [0.25, 0.3) is 0 Å². The fourth-order valence-corrected chi connectivity index (χ4v) is 2.96. The van der Waals surface area contributed by atoms with Crippen molar-refractivity contribution in [3.63, 3.8) is 0 Å². The lowest BCUT2D eigenvalue weighted by Crippen LogP contribution is -2.51. The third kappa shape index (κ3) is 4.25. The molecule has 6 heteroatoms. The molecular formula is C16H24N4O2. The van der Waals surface area contributed by atoms with Crippen molar-refractivity contribution in [3.05, 3.63) is 30.1 Å². The number of carbonyl (C=O) groups excluding carboxylic acids is 1. The highest BCUT2D eigenvalue weighted by Crippen LogP contribution is 2.08. The van der Waals surface area contributed by atoms with E-state index in [9.17, 15) is 4.79 Å². The van der Waals surface area contributed by atoms with E-state index in [1.54, 1.807) is 0 Å². The average molecular weight is 304 g/mol. The summed E-state index contributed by atoms with van der Waals surface area (Å²) < 4.78 is 5.29. The largest absolute Gasteiger partial charge is 0.378 e. The molecule has 0 bridgehead atoms. The standard InChI is InChI=1S/C16H24N4O2/c21-16(20-9-11-22-12-10-20)14-19-7-5-18(6-8-19)13-15-1-3-17-4-2-15/h1-4H,5-14H2. The van der Waals surface area contributed by atoms with Gasteiger partial charge < -0.3 is 9.64 Å². The number of aromatic nitrogens is 1. The number of morpholine rings is 1. The molecular weight excluding hydrogens is 280 g/mol. The van der Waals surface area contributed by atoms with Crippen LogP contribution in [0.1, 0.15) is 5.56 Å². The van der Waals surface area contributed by atoms with Crippen LogP contribution >= 0.6 is 0 Å². The normalized spacial score (nSPS) is 21.0. The van der Waals surface area contributed by atoms with Gasteiger partial charge in [0, 0.05) is 58.2 Å². The van der Waals surface area contributed by atoms with Gasteiger partial charge in [0.1, 0.15) is 0 Å². The van der Waals surface area contributed by atoms with E-state index < -0.39 is 0 Å². The Labute approximate surface area is 131 Å². The van der Waals surface area contributed by atoms with E-state index in [0.717, 1.165) is 45.8 Å². The molecule has 1 aromatic rings. The Hall–Kier alpha value is -1.50. The first-order valence-corrected chi connectivity index (χ1v) is 8.00. The Balaban J connectivity index is 1.40. The Morgan fingerprint density at radius 2 is 1.64 bits per heavy atom. The van der Waals surface area contributed by atoms with E-state index in [4.69, 9.17) is 4.74 Å². The van der Waals surface area contributed by atoms with Crippen molar-refractivity contribution in [2.24, 2.45) is 0 Å². The van der Waals surface area contributed by atoms with Crippen LogP contribution < -0.4 is 0 Å². The van der Waals surface area contributed by atoms with Crippen LogP contribution in [-0.4, -0.2) is 84.6 Å². The first kappa shape index (κ1) is 15.4. The Morgan fingerprint density at radius 3 is 2.32 bits per heavy atom. The third-order valence-electron chi connectivity index (χ3n) is 4.34. The van der Waals surface area contributed by atoms with Crippen molar-refractivity contribution in [2.75, 3.05) is 59.0 Å². The average Bonchev–Trinajstić information content (AvgIpc) is 2.58. The van der Waals surface area contributed by atoms with Gasteiger partial charge in [-0.2, -0.15) is 0 Å². The third-order valence-corrected chi connectivity index (χ3v) is 4.34. The monoisotopic (exact) mass is 304 g/mol. The van der Waals surface area contributed by atoms with Crippen molar-refractivity contribution < 1.29 is 9.53 Å². The molecule has 3 rings (SSSR count). The van der Waals surface area contributed by atoms with Crippen molar-refractivity contribution in [1.82, 2.24) is 19.7 Å². The minimum absolute atomic E-state index is 0.242. The van der Waals surface area contributed by atoms with Crippen LogP contribution in [0.5, 0.6) is 0 Å². The lowest BCUT2D eigenvalue weighted by atomic mass is 10.2. The summed E-state index contributed by atoms with van der Waals surface area (Å²) in [6, 6.07) is 4.13. The van der Waals surface area contributed by atoms with Crippen LogP contribution in [0.25, 0.3) is 0 Å². The zero-order valence-electron chi connectivity index (χ0n) is 13.0. The van der Waals surface area contributed by atoms with E-state index in [2.05, 4.69) is 26.9 Å². The minimum atomic E-state index is 0.242. The van der Waals surface area contributed by atoms with Crippen molar-refractivity contribution >= 4 is 5.91 Å². The van der Waals surface area contributed by atoms with Crippen LogP contribution in [0.3, 0.4) is 0 Å². The molecule has 0 unspecified atom stereocenters. The molecule has 2 aliphatic rings. The Morgan fingerprint density at radius 1 is 1.00 bits per heavy atom. The van der Waals surface area contributed by atoms with Crippen LogP contribution in [0.15, 0.2) is 24.5 Å². The number of ether oxygens (including phenoxy) is 1. The van der Waals surface area contributed by atoms with E-state index in [1.165, 1.54) is 5.56 Å². The molecule has 2 saturated heterocycles. The van der Waals surface area contributed by atoms with Crippen LogP contribution in [0, 0.1) is 0 Å². The van der Waals surface area contributed by atoms with E-state index in [0.29, 0.717) is 19.8 Å². The van der Waals surface area contributed by atoms with Gasteiger partial charge in [0.2, 0.25) is 5.91 Å². The van der Waals surface area contributed by atoms with Crippen LogP contribution in [0.4, 0.5) is 0 Å². The fourth-order valence-electron chi connectivity index (χ4n) is 2.96. The maximum atomic E-state index is 12.2. The molecule has 2 aliphatic heterocycles. The molecule has 0 saturated carbocycles. The molecule has 0 radical (unpaired) electrons. The predicted molar refractivity (Wildman–Crippen MR) is 83.4 cm³/mol. The zero-order valence-corrected chi connectivity index (χ0v) is 13.0. The molecule has 1 aromatic heterocycles. The van der Waals surface area contributed by atoms with Gasteiger partial charge in [-0.1, -0.05) is 0 Å². The van der Waals surface area contributed by atoms with E-state index in [-0.39, 0.29) is 5.91 Å². The van der Waals surface area contributed by atoms with Crippen molar-refractivity contribution in [1.29, 1.82) is 0 Å². The second-order valence-corrected chi connectivity index (χ2v) is 5.90. The smallest absolute Gasteiger partial charge is 0.236 e. The van der Waals surface area contributed by atoms with Gasteiger partial charge >= 0.3 is 0 Å². The van der Waals surface area contributed by atoms with Gasteiger partial charge in [-0.05, 0) is 17.7 Å². The molecule has 0 aromatic carbocycles. The second kappa shape index (κ2) is 7.67. The van der Waals surface area contributed by atoms with Crippen LogP contribution in [0.2, 0.25) is 0 Å². The molecule has 0 N–H and O–H groups in total. The number of rotatable bonds is 4. The molecule has 0 atom stereocenters. The number of carbonyl (C=O) groups is 1. The van der Waals surface area contributed by atoms with E-state index >= 15 is 0 Å². The fraction of sp³-hybridized carbons (Fsp3) is 0.625. The van der Waals surface area contributed by atoms with Gasteiger partial charge in [-0.3, -0.25) is 19.6 Å².